The molecular weight excluding hydrogens is 164 g/mol. The van der Waals surface area contributed by atoms with Crippen molar-refractivity contribution in [3.05, 3.63) is 42.0 Å². The molecule has 0 N–H and O–H groups in total. The van der Waals surface area contributed by atoms with E-state index in [-0.39, 0.29) is 0 Å². The predicted molar refractivity (Wildman–Crippen MR) is 56.4 cm³/mol. The van der Waals surface area contributed by atoms with Crippen molar-refractivity contribution in [2.24, 2.45) is 0 Å². The predicted octanol–water partition coefficient (Wildman–Crippen LogP) is 3.41. The highest BCUT2D eigenvalue weighted by atomic mass is 32.1. The molecule has 1 heteroatoms. The maximum atomic E-state index is 4.28. The first kappa shape index (κ1) is 7.69. The van der Waals surface area contributed by atoms with Crippen molar-refractivity contribution in [3.63, 3.8) is 0 Å². The molecule has 2 rings (SSSR count). The van der Waals surface area contributed by atoms with Gasteiger partial charge in [0.05, 0.1) is 0 Å². The van der Waals surface area contributed by atoms with Crippen molar-refractivity contribution in [2.45, 2.75) is 11.3 Å². The number of hydrogen-bond donors (Lipinski definition) is 1. The average Bonchev–Trinajstić information content (AvgIpc) is 2.04. The first-order valence-electron chi connectivity index (χ1n) is 3.95. The molecule has 0 aromatic heterocycles. The standard InChI is InChI=1S/C11H10S/c1-8-3-2-4-9-7-10(12)5-6-11(8)9/h2,4-7,12H,1,3H2. The first-order chi connectivity index (χ1) is 5.77. The Morgan fingerprint density at radius 3 is 3.00 bits per heavy atom. The van der Waals surface area contributed by atoms with E-state index in [1.807, 2.05) is 6.07 Å². The van der Waals surface area contributed by atoms with Gasteiger partial charge in [-0.25, -0.2) is 0 Å². The number of thiol groups is 1. The van der Waals surface area contributed by atoms with Gasteiger partial charge in [-0.1, -0.05) is 24.8 Å². The van der Waals surface area contributed by atoms with Crippen LogP contribution in [0.25, 0.3) is 11.6 Å². The number of fused-ring (bicyclic) bond motifs is 1. The van der Waals surface area contributed by atoms with Crippen LogP contribution in [0.1, 0.15) is 17.5 Å². The Bertz CT molecular complexity index is 361. The normalized spacial score (nSPS) is 14.6. The Balaban J connectivity index is 2.62. The zero-order chi connectivity index (χ0) is 8.55. The van der Waals surface area contributed by atoms with Crippen molar-refractivity contribution >= 4 is 24.3 Å². The summed E-state index contributed by atoms with van der Waals surface area (Å²) < 4.78 is 0. The van der Waals surface area contributed by atoms with Crippen molar-refractivity contribution < 1.29 is 0 Å². The summed E-state index contributed by atoms with van der Waals surface area (Å²) in [5, 5.41) is 0. The first-order valence-corrected chi connectivity index (χ1v) is 4.40. The molecule has 0 heterocycles. The lowest BCUT2D eigenvalue weighted by Gasteiger charge is -2.12. The van der Waals surface area contributed by atoms with E-state index in [1.54, 1.807) is 0 Å². The van der Waals surface area contributed by atoms with Crippen LogP contribution in [-0.4, -0.2) is 0 Å². The Labute approximate surface area is 78.0 Å². The van der Waals surface area contributed by atoms with E-state index in [0.29, 0.717) is 0 Å². The minimum Gasteiger partial charge on any atom is -0.143 e. The van der Waals surface area contributed by atoms with Gasteiger partial charge in [-0.15, -0.1) is 12.6 Å². The smallest absolute Gasteiger partial charge is 0.00463 e. The fourth-order valence-corrected chi connectivity index (χ4v) is 1.66. The molecule has 0 unspecified atom stereocenters. The third-order valence-electron chi connectivity index (χ3n) is 2.08. The van der Waals surface area contributed by atoms with Crippen molar-refractivity contribution in [3.8, 4) is 0 Å². The highest BCUT2D eigenvalue weighted by Gasteiger charge is 2.06. The van der Waals surface area contributed by atoms with E-state index < -0.39 is 0 Å². The van der Waals surface area contributed by atoms with Gasteiger partial charge in [-0.05, 0) is 35.3 Å². The molecule has 1 aromatic rings. The average molecular weight is 174 g/mol. The lowest BCUT2D eigenvalue weighted by molar-refractivity contribution is 1.33. The van der Waals surface area contributed by atoms with Gasteiger partial charge in [0, 0.05) is 4.90 Å². The number of hydrogen-bond acceptors (Lipinski definition) is 1. The highest BCUT2D eigenvalue weighted by molar-refractivity contribution is 7.80. The second-order valence-electron chi connectivity index (χ2n) is 2.98. The monoisotopic (exact) mass is 174 g/mol. The van der Waals surface area contributed by atoms with Gasteiger partial charge in [-0.2, -0.15) is 0 Å². The van der Waals surface area contributed by atoms with E-state index in [4.69, 9.17) is 0 Å². The molecule has 0 nitrogen and oxygen atoms in total. The summed E-state index contributed by atoms with van der Waals surface area (Å²) in [6.07, 6.45) is 5.24. The van der Waals surface area contributed by atoms with Crippen LogP contribution < -0.4 is 0 Å². The molecule has 0 bridgehead atoms. The molecule has 0 saturated carbocycles. The molecule has 0 amide bonds. The number of rotatable bonds is 0. The Morgan fingerprint density at radius 1 is 1.33 bits per heavy atom. The zero-order valence-corrected chi connectivity index (χ0v) is 7.64. The summed E-state index contributed by atoms with van der Waals surface area (Å²) in [4.78, 5) is 1.01. The number of allylic oxidation sites excluding steroid dienone is 2. The van der Waals surface area contributed by atoms with Crippen molar-refractivity contribution in [1.82, 2.24) is 0 Å². The van der Waals surface area contributed by atoms with E-state index in [2.05, 4.69) is 43.5 Å². The van der Waals surface area contributed by atoms with Crippen molar-refractivity contribution in [2.75, 3.05) is 0 Å². The van der Waals surface area contributed by atoms with E-state index in [9.17, 15) is 0 Å². The third-order valence-corrected chi connectivity index (χ3v) is 2.36. The molecule has 1 aliphatic rings. The Morgan fingerprint density at radius 2 is 2.17 bits per heavy atom. The molecule has 0 saturated heterocycles. The lowest BCUT2D eigenvalue weighted by atomic mass is 9.94. The van der Waals surface area contributed by atoms with Gasteiger partial charge in [0.1, 0.15) is 0 Å². The van der Waals surface area contributed by atoms with Gasteiger partial charge < -0.3 is 0 Å². The number of benzene rings is 1. The lowest BCUT2D eigenvalue weighted by Crippen LogP contribution is -1.91. The van der Waals surface area contributed by atoms with E-state index in [1.165, 1.54) is 16.7 Å². The zero-order valence-electron chi connectivity index (χ0n) is 6.75. The molecule has 1 aliphatic carbocycles. The summed E-state index contributed by atoms with van der Waals surface area (Å²) >= 11 is 4.28. The molecule has 0 radical (unpaired) electrons. The van der Waals surface area contributed by atoms with Crippen LogP contribution in [0, 0.1) is 0 Å². The van der Waals surface area contributed by atoms with Crippen LogP contribution in [0.2, 0.25) is 0 Å². The molecule has 60 valence electrons. The van der Waals surface area contributed by atoms with Crippen LogP contribution in [0.3, 0.4) is 0 Å². The summed E-state index contributed by atoms with van der Waals surface area (Å²) in [6, 6.07) is 6.16. The molecule has 0 aliphatic heterocycles. The quantitative estimate of drug-likeness (QED) is 0.572. The Hall–Kier alpha value is -0.950. The summed E-state index contributed by atoms with van der Waals surface area (Å²) in [7, 11) is 0. The largest absolute Gasteiger partial charge is 0.143 e. The molecule has 0 atom stereocenters. The van der Waals surface area contributed by atoms with E-state index in [0.717, 1.165) is 11.3 Å². The van der Waals surface area contributed by atoms with Crippen LogP contribution in [0.5, 0.6) is 0 Å². The summed E-state index contributed by atoms with van der Waals surface area (Å²) in [5.74, 6) is 0. The van der Waals surface area contributed by atoms with Gasteiger partial charge in [0.25, 0.3) is 0 Å². The highest BCUT2D eigenvalue weighted by Crippen LogP contribution is 2.28. The van der Waals surface area contributed by atoms with Gasteiger partial charge in [-0.3, -0.25) is 0 Å². The fourth-order valence-electron chi connectivity index (χ4n) is 1.45. The molecule has 0 spiro atoms. The van der Waals surface area contributed by atoms with Crippen LogP contribution in [-0.2, 0) is 0 Å². The second-order valence-corrected chi connectivity index (χ2v) is 3.50. The molecular formula is C11H10S. The molecule has 0 fully saturated rings. The van der Waals surface area contributed by atoms with E-state index >= 15 is 0 Å². The SMILES string of the molecule is C=C1CC=Cc2cc(S)ccc21. The minimum absolute atomic E-state index is 0.971. The second kappa shape index (κ2) is 2.83. The summed E-state index contributed by atoms with van der Waals surface area (Å²) in [6.45, 7) is 4.01. The van der Waals surface area contributed by atoms with Crippen LogP contribution in [0.4, 0.5) is 0 Å². The minimum atomic E-state index is 0.971. The topological polar surface area (TPSA) is 0 Å². The molecule has 1 aromatic carbocycles. The summed E-state index contributed by atoms with van der Waals surface area (Å²) in [5.41, 5.74) is 3.69. The Kier molecular flexibility index (Phi) is 1.81. The van der Waals surface area contributed by atoms with Gasteiger partial charge in [0.2, 0.25) is 0 Å². The van der Waals surface area contributed by atoms with Crippen LogP contribution >= 0.6 is 12.6 Å². The third kappa shape index (κ3) is 1.21. The maximum Gasteiger partial charge on any atom is 0.00463 e. The molecule has 12 heavy (non-hydrogen) atoms. The fraction of sp³-hybridized carbons (Fsp3) is 0.0909. The van der Waals surface area contributed by atoms with Crippen LogP contribution in [0.15, 0.2) is 35.7 Å². The van der Waals surface area contributed by atoms with Gasteiger partial charge >= 0.3 is 0 Å². The van der Waals surface area contributed by atoms with Crippen molar-refractivity contribution in [1.29, 1.82) is 0 Å². The van der Waals surface area contributed by atoms with Gasteiger partial charge in [0.15, 0.2) is 0 Å². The maximum absolute atomic E-state index is 4.28.